The Bertz CT molecular complexity index is 538. The van der Waals surface area contributed by atoms with Crippen LogP contribution >= 0.6 is 0 Å². The third-order valence-electron chi connectivity index (χ3n) is 2.99. The molecule has 1 unspecified atom stereocenters. The minimum Gasteiger partial charge on any atom is -0.491 e. The molecular formula is C10H14FN3O6. The molecule has 0 bridgehead atoms. The van der Waals surface area contributed by atoms with Gasteiger partial charge in [0.15, 0.2) is 24.0 Å². The van der Waals surface area contributed by atoms with E-state index < -0.39 is 36.9 Å². The molecule has 112 valence electrons. The maximum atomic E-state index is 13.9. The zero-order valence-corrected chi connectivity index (χ0v) is 10.4. The van der Waals surface area contributed by atoms with Crippen molar-refractivity contribution in [2.24, 2.45) is 0 Å². The molecule has 0 saturated carbocycles. The van der Waals surface area contributed by atoms with Gasteiger partial charge in [-0.1, -0.05) is 0 Å². The van der Waals surface area contributed by atoms with Crippen LogP contribution < -0.4 is 15.9 Å². The highest BCUT2D eigenvalue weighted by molar-refractivity contribution is 5.46. The molecule has 2 heterocycles. The van der Waals surface area contributed by atoms with Crippen molar-refractivity contribution in [1.82, 2.24) is 9.55 Å². The van der Waals surface area contributed by atoms with Crippen molar-refractivity contribution in [3.8, 4) is 5.75 Å². The molecule has 1 aromatic heterocycles. The van der Waals surface area contributed by atoms with Crippen LogP contribution in [0.15, 0.2) is 11.0 Å². The van der Waals surface area contributed by atoms with Crippen molar-refractivity contribution >= 4 is 5.82 Å². The molecule has 20 heavy (non-hydrogen) atoms. The highest BCUT2D eigenvalue weighted by atomic mass is 19.1. The van der Waals surface area contributed by atoms with E-state index in [0.717, 1.165) is 10.8 Å². The number of methoxy groups -OCH3 is 1. The van der Waals surface area contributed by atoms with E-state index in [1.165, 1.54) is 7.11 Å². The summed E-state index contributed by atoms with van der Waals surface area (Å²) in [7, 11) is 1.26. The molecule has 0 amide bonds. The first-order chi connectivity index (χ1) is 9.53. The lowest BCUT2D eigenvalue weighted by atomic mass is 10.1. The Hall–Kier alpha value is -1.75. The standard InChI is InChI=1S/C10H14FN3O6/c1-19-4-2-14(10(17)12-8(4)13-18)9-6(11)7(16)5(3-15)20-9/h2,5-7,9,15-16,18H,3H2,1H3,(H,12,13,17)/t5-,6?,7+,9-/m0/s1. The number of aliphatic hydroxyl groups is 2. The number of halogens is 1. The van der Waals surface area contributed by atoms with Crippen LogP contribution in [0.4, 0.5) is 10.2 Å². The number of aromatic nitrogens is 2. The first-order valence-corrected chi connectivity index (χ1v) is 5.69. The van der Waals surface area contributed by atoms with E-state index in [9.17, 15) is 14.3 Å². The number of hydrogen-bond donors (Lipinski definition) is 4. The number of alkyl halides is 1. The third kappa shape index (κ3) is 2.33. The average Bonchev–Trinajstić information content (AvgIpc) is 2.74. The van der Waals surface area contributed by atoms with Gasteiger partial charge < -0.3 is 19.7 Å². The molecule has 0 radical (unpaired) electrons. The maximum absolute atomic E-state index is 13.9. The molecule has 9 nitrogen and oxygen atoms in total. The number of nitrogens with one attached hydrogen (secondary N) is 1. The maximum Gasteiger partial charge on any atom is 0.352 e. The first kappa shape index (κ1) is 14.7. The van der Waals surface area contributed by atoms with Crippen LogP contribution in [0.2, 0.25) is 0 Å². The fourth-order valence-corrected chi connectivity index (χ4v) is 1.94. The SMILES string of the molecule is COc1cn([C@H]2O[C@@H](CO)[C@@H](O)C2F)c(=O)nc1NO. The molecule has 10 heteroatoms. The van der Waals surface area contributed by atoms with Crippen molar-refractivity contribution < 1.29 is 29.3 Å². The summed E-state index contributed by atoms with van der Waals surface area (Å²) in [5.41, 5.74) is 0.756. The predicted octanol–water partition coefficient (Wildman–Crippen LogP) is -1.36. The van der Waals surface area contributed by atoms with Gasteiger partial charge in [0.1, 0.15) is 12.2 Å². The molecule has 1 aromatic rings. The fraction of sp³-hybridized carbons (Fsp3) is 0.600. The number of aliphatic hydroxyl groups excluding tert-OH is 2. The smallest absolute Gasteiger partial charge is 0.352 e. The van der Waals surface area contributed by atoms with Gasteiger partial charge in [0.25, 0.3) is 0 Å². The number of nitrogens with zero attached hydrogens (tertiary/aromatic N) is 2. The van der Waals surface area contributed by atoms with Crippen molar-refractivity contribution in [2.45, 2.75) is 24.6 Å². The van der Waals surface area contributed by atoms with Gasteiger partial charge in [-0.3, -0.25) is 9.77 Å². The Labute approximate surface area is 112 Å². The van der Waals surface area contributed by atoms with E-state index in [1.807, 2.05) is 0 Å². The van der Waals surface area contributed by atoms with Gasteiger partial charge in [-0.15, -0.1) is 0 Å². The first-order valence-electron chi connectivity index (χ1n) is 5.69. The van der Waals surface area contributed by atoms with Crippen molar-refractivity contribution in [2.75, 3.05) is 19.2 Å². The van der Waals surface area contributed by atoms with Crippen LogP contribution in [0.5, 0.6) is 5.75 Å². The zero-order chi connectivity index (χ0) is 14.9. The lowest BCUT2D eigenvalue weighted by Crippen LogP contribution is -2.33. The van der Waals surface area contributed by atoms with Crippen LogP contribution in [-0.2, 0) is 4.74 Å². The lowest BCUT2D eigenvalue weighted by molar-refractivity contribution is -0.0492. The highest BCUT2D eigenvalue weighted by Gasteiger charge is 2.45. The zero-order valence-electron chi connectivity index (χ0n) is 10.4. The number of ether oxygens (including phenoxy) is 2. The summed E-state index contributed by atoms with van der Waals surface area (Å²) in [6.45, 7) is -0.590. The Morgan fingerprint density at radius 1 is 1.65 bits per heavy atom. The summed E-state index contributed by atoms with van der Waals surface area (Å²) < 4.78 is 24.7. The molecule has 4 atom stereocenters. The monoisotopic (exact) mass is 291 g/mol. The second-order valence-corrected chi connectivity index (χ2v) is 4.14. The Morgan fingerprint density at radius 3 is 2.85 bits per heavy atom. The van der Waals surface area contributed by atoms with E-state index in [4.69, 9.17) is 19.8 Å². The van der Waals surface area contributed by atoms with Crippen LogP contribution in [0.25, 0.3) is 0 Å². The molecule has 2 rings (SSSR count). The highest BCUT2D eigenvalue weighted by Crippen LogP contribution is 2.32. The summed E-state index contributed by atoms with van der Waals surface area (Å²) in [5, 5.41) is 27.3. The molecule has 1 aliphatic heterocycles. The average molecular weight is 291 g/mol. The van der Waals surface area contributed by atoms with E-state index in [-0.39, 0.29) is 11.6 Å². The topological polar surface area (TPSA) is 126 Å². The second-order valence-electron chi connectivity index (χ2n) is 4.14. The van der Waals surface area contributed by atoms with E-state index in [1.54, 1.807) is 5.48 Å². The number of rotatable bonds is 4. The van der Waals surface area contributed by atoms with E-state index >= 15 is 0 Å². The van der Waals surface area contributed by atoms with Crippen LogP contribution in [0, 0.1) is 0 Å². The van der Waals surface area contributed by atoms with Gasteiger partial charge in [-0.2, -0.15) is 4.98 Å². The van der Waals surface area contributed by atoms with Crippen LogP contribution in [0.3, 0.4) is 0 Å². The van der Waals surface area contributed by atoms with Gasteiger partial charge in [0.05, 0.1) is 19.9 Å². The predicted molar refractivity (Wildman–Crippen MR) is 62.4 cm³/mol. The quantitative estimate of drug-likeness (QED) is 0.501. The number of hydrogen-bond acceptors (Lipinski definition) is 8. The van der Waals surface area contributed by atoms with E-state index in [2.05, 4.69) is 4.98 Å². The lowest BCUT2D eigenvalue weighted by Gasteiger charge is -2.17. The molecule has 0 spiro atoms. The fourth-order valence-electron chi connectivity index (χ4n) is 1.94. The third-order valence-corrected chi connectivity index (χ3v) is 2.99. The van der Waals surface area contributed by atoms with Gasteiger partial charge in [0.2, 0.25) is 0 Å². The summed E-state index contributed by atoms with van der Waals surface area (Å²) in [4.78, 5) is 15.2. The van der Waals surface area contributed by atoms with Crippen LogP contribution in [-0.4, -0.2) is 57.1 Å². The van der Waals surface area contributed by atoms with Crippen molar-refractivity contribution in [1.29, 1.82) is 0 Å². The normalized spacial score (nSPS) is 29.4. The molecule has 1 fully saturated rings. The van der Waals surface area contributed by atoms with E-state index in [0.29, 0.717) is 0 Å². The summed E-state index contributed by atoms with van der Waals surface area (Å²) in [6.07, 6.45) is -4.97. The molecule has 0 aromatic carbocycles. The summed E-state index contributed by atoms with van der Waals surface area (Å²) >= 11 is 0. The molecule has 1 saturated heterocycles. The van der Waals surface area contributed by atoms with Gasteiger partial charge in [0, 0.05) is 0 Å². The second kappa shape index (κ2) is 5.71. The molecule has 0 aliphatic carbocycles. The largest absolute Gasteiger partial charge is 0.491 e. The van der Waals surface area contributed by atoms with Gasteiger partial charge >= 0.3 is 5.69 Å². The summed E-state index contributed by atoms with van der Waals surface area (Å²) in [6, 6.07) is 0. The summed E-state index contributed by atoms with van der Waals surface area (Å²) in [5.74, 6) is -0.258. The van der Waals surface area contributed by atoms with Gasteiger partial charge in [-0.05, 0) is 0 Å². The van der Waals surface area contributed by atoms with Gasteiger partial charge in [-0.25, -0.2) is 14.7 Å². The molecule has 4 N–H and O–H groups in total. The Morgan fingerprint density at radius 2 is 2.35 bits per heavy atom. The molecule has 1 aliphatic rings. The Kier molecular flexibility index (Phi) is 4.18. The molecular weight excluding hydrogens is 277 g/mol. The minimum absolute atomic E-state index is 0.0233. The Balaban J connectivity index is 2.41. The van der Waals surface area contributed by atoms with Crippen molar-refractivity contribution in [3.05, 3.63) is 16.7 Å². The van der Waals surface area contributed by atoms with Crippen molar-refractivity contribution in [3.63, 3.8) is 0 Å². The number of anilines is 1. The minimum atomic E-state index is -1.91. The van der Waals surface area contributed by atoms with Crippen LogP contribution in [0.1, 0.15) is 6.23 Å².